The standard InChI is InChI=1S/C8H8.2C3H8O.Ti/c1-2-8-6-4-3-5-7-8;2*1-3(2)4;/h2-7H,1H2;2*3-4H,1-2H3;. The van der Waals surface area contributed by atoms with E-state index in [4.69, 9.17) is 10.2 Å². The number of rotatable bonds is 1. The van der Waals surface area contributed by atoms with Gasteiger partial charge in [-0.2, -0.15) is 0 Å². The Balaban J connectivity index is -0.000000189. The van der Waals surface area contributed by atoms with Gasteiger partial charge in [-0.05, 0) is 33.3 Å². The van der Waals surface area contributed by atoms with E-state index in [1.165, 1.54) is 5.56 Å². The van der Waals surface area contributed by atoms with E-state index in [-0.39, 0.29) is 33.9 Å². The van der Waals surface area contributed by atoms with Gasteiger partial charge < -0.3 is 10.2 Å². The van der Waals surface area contributed by atoms with Gasteiger partial charge in [0.25, 0.3) is 0 Å². The molecule has 3 heteroatoms. The number of benzene rings is 1. The fourth-order valence-corrected chi connectivity index (χ4v) is 0.589. The first-order chi connectivity index (χ1) is 7.40. The molecule has 0 saturated carbocycles. The van der Waals surface area contributed by atoms with Crippen LogP contribution in [0.15, 0.2) is 36.9 Å². The van der Waals surface area contributed by atoms with E-state index in [2.05, 4.69) is 6.58 Å². The summed E-state index contributed by atoms with van der Waals surface area (Å²) in [5, 5.41) is 16.1. The van der Waals surface area contributed by atoms with Crippen molar-refractivity contribution in [2.45, 2.75) is 39.9 Å². The molecule has 0 fully saturated rings. The van der Waals surface area contributed by atoms with Gasteiger partial charge in [0.05, 0.1) is 0 Å². The molecule has 0 spiro atoms. The average molecular weight is 272 g/mol. The minimum atomic E-state index is -0.167. The predicted molar refractivity (Wildman–Crippen MR) is 71.2 cm³/mol. The Morgan fingerprint density at radius 3 is 1.41 bits per heavy atom. The third kappa shape index (κ3) is 31.3. The van der Waals surface area contributed by atoms with E-state index in [0.717, 1.165) is 0 Å². The van der Waals surface area contributed by atoms with Crippen molar-refractivity contribution in [3.63, 3.8) is 0 Å². The zero-order valence-electron chi connectivity index (χ0n) is 11.2. The molecule has 0 bridgehead atoms. The summed E-state index contributed by atoms with van der Waals surface area (Å²) in [5.41, 5.74) is 1.17. The molecule has 96 valence electrons. The molecule has 0 aliphatic rings. The first kappa shape index (κ1) is 21.8. The van der Waals surface area contributed by atoms with Gasteiger partial charge in [0, 0.05) is 33.9 Å². The third-order valence-corrected chi connectivity index (χ3v) is 1.04. The Labute approximate surface area is 120 Å². The molecule has 0 radical (unpaired) electrons. The van der Waals surface area contributed by atoms with E-state index in [1.54, 1.807) is 27.7 Å². The van der Waals surface area contributed by atoms with Gasteiger partial charge >= 0.3 is 0 Å². The van der Waals surface area contributed by atoms with Crippen molar-refractivity contribution in [2.75, 3.05) is 0 Å². The summed E-state index contributed by atoms with van der Waals surface area (Å²) in [7, 11) is 0. The van der Waals surface area contributed by atoms with E-state index in [1.807, 2.05) is 36.4 Å². The molecule has 0 aromatic heterocycles. The number of aliphatic hydroxyl groups is 2. The molecule has 1 aromatic rings. The summed E-state index contributed by atoms with van der Waals surface area (Å²) in [6.45, 7) is 10.5. The van der Waals surface area contributed by atoms with Gasteiger partial charge in [-0.3, -0.25) is 0 Å². The van der Waals surface area contributed by atoms with E-state index in [0.29, 0.717) is 0 Å². The molecule has 1 rings (SSSR count). The first-order valence-electron chi connectivity index (χ1n) is 5.43. The van der Waals surface area contributed by atoms with Gasteiger partial charge in [-0.1, -0.05) is 43.0 Å². The molecule has 0 atom stereocenters. The van der Waals surface area contributed by atoms with Crippen LogP contribution in [0.5, 0.6) is 0 Å². The maximum atomic E-state index is 8.06. The van der Waals surface area contributed by atoms with Gasteiger partial charge in [0.15, 0.2) is 0 Å². The van der Waals surface area contributed by atoms with Crippen LogP contribution in [-0.2, 0) is 21.7 Å². The molecule has 1 aromatic carbocycles. The third-order valence-electron chi connectivity index (χ3n) is 1.04. The van der Waals surface area contributed by atoms with Crippen molar-refractivity contribution in [1.29, 1.82) is 0 Å². The van der Waals surface area contributed by atoms with Crippen LogP contribution in [0.1, 0.15) is 33.3 Å². The molecule has 0 aliphatic carbocycles. The van der Waals surface area contributed by atoms with Crippen LogP contribution in [0.25, 0.3) is 6.08 Å². The normalized spacial score (nSPS) is 8.24. The monoisotopic (exact) mass is 272 g/mol. The predicted octanol–water partition coefficient (Wildman–Crippen LogP) is 3.10. The smallest absolute Gasteiger partial charge is 0.0483 e. The van der Waals surface area contributed by atoms with Crippen molar-refractivity contribution < 1.29 is 31.9 Å². The van der Waals surface area contributed by atoms with Crippen LogP contribution in [0.3, 0.4) is 0 Å². The van der Waals surface area contributed by atoms with Crippen molar-refractivity contribution in [3.8, 4) is 0 Å². The number of hydrogen-bond acceptors (Lipinski definition) is 2. The molecule has 0 unspecified atom stereocenters. The second-order valence-corrected chi connectivity index (χ2v) is 3.80. The topological polar surface area (TPSA) is 40.5 Å². The van der Waals surface area contributed by atoms with Gasteiger partial charge in [0.1, 0.15) is 0 Å². The SMILES string of the molecule is C=Cc1ccccc1.CC(C)O.CC(C)O.[Ti]. The summed E-state index contributed by atoms with van der Waals surface area (Å²) < 4.78 is 0. The molecular weight excluding hydrogens is 248 g/mol. The summed E-state index contributed by atoms with van der Waals surface area (Å²) in [6.07, 6.45) is 1.50. The van der Waals surface area contributed by atoms with Crippen molar-refractivity contribution in [1.82, 2.24) is 0 Å². The zero-order valence-corrected chi connectivity index (χ0v) is 12.8. The molecule has 0 aliphatic heterocycles. The van der Waals surface area contributed by atoms with Gasteiger partial charge in [-0.15, -0.1) is 0 Å². The van der Waals surface area contributed by atoms with Crippen molar-refractivity contribution in [3.05, 3.63) is 42.5 Å². The molecule has 2 nitrogen and oxygen atoms in total. The molecular formula is C14H24O2Ti. The number of aliphatic hydroxyl groups excluding tert-OH is 2. The molecule has 17 heavy (non-hydrogen) atoms. The van der Waals surface area contributed by atoms with Crippen LogP contribution in [-0.4, -0.2) is 22.4 Å². The Kier molecular flexibility index (Phi) is 20.0. The van der Waals surface area contributed by atoms with Crippen molar-refractivity contribution in [2.24, 2.45) is 0 Å². The van der Waals surface area contributed by atoms with Gasteiger partial charge in [-0.25, -0.2) is 0 Å². The summed E-state index contributed by atoms with van der Waals surface area (Å²) >= 11 is 0. The fourth-order valence-electron chi connectivity index (χ4n) is 0.589. The minimum absolute atomic E-state index is 0. The Bertz CT molecular complexity index is 234. The first-order valence-corrected chi connectivity index (χ1v) is 5.43. The zero-order chi connectivity index (χ0) is 13.0. The second-order valence-electron chi connectivity index (χ2n) is 3.80. The maximum Gasteiger partial charge on any atom is 0.0483 e. The van der Waals surface area contributed by atoms with E-state index < -0.39 is 0 Å². The fraction of sp³-hybridized carbons (Fsp3) is 0.429. The van der Waals surface area contributed by atoms with E-state index in [9.17, 15) is 0 Å². The van der Waals surface area contributed by atoms with E-state index >= 15 is 0 Å². The maximum absolute atomic E-state index is 8.06. The number of hydrogen-bond donors (Lipinski definition) is 2. The van der Waals surface area contributed by atoms with Crippen LogP contribution < -0.4 is 0 Å². The minimum Gasteiger partial charge on any atom is -0.394 e. The second kappa shape index (κ2) is 15.6. The van der Waals surface area contributed by atoms with Crippen LogP contribution in [0, 0.1) is 0 Å². The van der Waals surface area contributed by atoms with Gasteiger partial charge in [0.2, 0.25) is 0 Å². The molecule has 0 saturated heterocycles. The summed E-state index contributed by atoms with van der Waals surface area (Å²) in [6, 6.07) is 10.0. The summed E-state index contributed by atoms with van der Waals surface area (Å²) in [4.78, 5) is 0. The van der Waals surface area contributed by atoms with Crippen LogP contribution >= 0.6 is 0 Å². The van der Waals surface area contributed by atoms with Crippen LogP contribution in [0.4, 0.5) is 0 Å². The Morgan fingerprint density at radius 2 is 1.24 bits per heavy atom. The summed E-state index contributed by atoms with van der Waals surface area (Å²) in [5.74, 6) is 0. The quantitative estimate of drug-likeness (QED) is 0.771. The van der Waals surface area contributed by atoms with Crippen molar-refractivity contribution >= 4 is 6.08 Å². The molecule has 2 N–H and O–H groups in total. The average Bonchev–Trinajstić information content (AvgIpc) is 2.17. The van der Waals surface area contributed by atoms with Crippen LogP contribution in [0.2, 0.25) is 0 Å². The largest absolute Gasteiger partial charge is 0.394 e. The Morgan fingerprint density at radius 1 is 0.941 bits per heavy atom. The Hall–Kier alpha value is -0.406. The molecule has 0 amide bonds. The molecule has 0 heterocycles.